The highest BCUT2D eigenvalue weighted by Crippen LogP contribution is 2.20. The van der Waals surface area contributed by atoms with Crippen molar-refractivity contribution in [2.24, 2.45) is 0 Å². The minimum atomic E-state index is -0.104. The van der Waals surface area contributed by atoms with Gasteiger partial charge in [-0.05, 0) is 36.2 Å². The molecule has 118 valence electrons. The summed E-state index contributed by atoms with van der Waals surface area (Å²) in [5.74, 6) is -0.104. The van der Waals surface area contributed by atoms with Gasteiger partial charge in [0.25, 0.3) is 0 Å². The number of rotatable bonds is 5. The highest BCUT2D eigenvalue weighted by Gasteiger charge is 2.15. The summed E-state index contributed by atoms with van der Waals surface area (Å²) in [5.41, 5.74) is 2.62. The van der Waals surface area contributed by atoms with Crippen molar-refractivity contribution in [2.75, 3.05) is 0 Å². The van der Waals surface area contributed by atoms with E-state index in [1.165, 1.54) is 0 Å². The average molecular weight is 329 g/mol. The topological polar surface area (TPSA) is 59.8 Å². The van der Waals surface area contributed by atoms with E-state index in [0.29, 0.717) is 5.02 Å². The van der Waals surface area contributed by atoms with Crippen LogP contribution in [0.5, 0.6) is 0 Å². The number of carbonyl (C=O) groups excluding carboxylic acids is 1. The van der Waals surface area contributed by atoms with Crippen LogP contribution in [0.1, 0.15) is 24.9 Å². The minimum absolute atomic E-state index is 0.0732. The number of hydrogen-bond donors (Lipinski definition) is 1. The smallest absolute Gasteiger partial charge is 0.242 e. The molecule has 0 saturated carbocycles. The van der Waals surface area contributed by atoms with Gasteiger partial charge >= 0.3 is 0 Å². The number of aromatic nitrogens is 3. The van der Waals surface area contributed by atoms with Gasteiger partial charge in [-0.2, -0.15) is 0 Å². The lowest BCUT2D eigenvalue weighted by atomic mass is 10.0. The summed E-state index contributed by atoms with van der Waals surface area (Å²) < 4.78 is 1.61. The van der Waals surface area contributed by atoms with Crippen LogP contribution in [0.25, 0.3) is 11.0 Å². The largest absolute Gasteiger partial charge is 0.348 e. The van der Waals surface area contributed by atoms with Crippen molar-refractivity contribution >= 4 is 28.5 Å². The van der Waals surface area contributed by atoms with Gasteiger partial charge in [0.2, 0.25) is 5.91 Å². The molecular formula is C17H17ClN4O. The molecule has 0 spiro atoms. The molecule has 2 aromatic carbocycles. The van der Waals surface area contributed by atoms with Crippen molar-refractivity contribution in [3.63, 3.8) is 0 Å². The molecule has 3 rings (SSSR count). The monoisotopic (exact) mass is 328 g/mol. The van der Waals surface area contributed by atoms with Crippen molar-refractivity contribution < 1.29 is 4.79 Å². The Kier molecular flexibility index (Phi) is 4.57. The van der Waals surface area contributed by atoms with Crippen LogP contribution in [-0.4, -0.2) is 20.9 Å². The third-order valence-electron chi connectivity index (χ3n) is 3.71. The molecule has 1 aromatic heterocycles. The van der Waals surface area contributed by atoms with Gasteiger partial charge in [-0.3, -0.25) is 4.79 Å². The summed E-state index contributed by atoms with van der Waals surface area (Å²) in [7, 11) is 0. The Morgan fingerprint density at radius 2 is 2.09 bits per heavy atom. The number of carbonyl (C=O) groups is 1. The molecule has 0 fully saturated rings. The Hall–Kier alpha value is -2.40. The zero-order valence-electron chi connectivity index (χ0n) is 12.7. The van der Waals surface area contributed by atoms with E-state index in [1.54, 1.807) is 4.68 Å². The molecule has 23 heavy (non-hydrogen) atoms. The van der Waals surface area contributed by atoms with Crippen LogP contribution in [-0.2, 0) is 11.3 Å². The van der Waals surface area contributed by atoms with Crippen LogP contribution in [0.2, 0.25) is 5.02 Å². The van der Waals surface area contributed by atoms with Gasteiger partial charge in [-0.25, -0.2) is 4.68 Å². The second-order valence-electron chi connectivity index (χ2n) is 5.32. The number of halogens is 1. The van der Waals surface area contributed by atoms with Gasteiger partial charge in [0, 0.05) is 5.02 Å². The summed E-state index contributed by atoms with van der Waals surface area (Å²) in [4.78, 5) is 12.3. The Balaban J connectivity index is 1.73. The predicted molar refractivity (Wildman–Crippen MR) is 90.2 cm³/mol. The van der Waals surface area contributed by atoms with Gasteiger partial charge in [0.1, 0.15) is 12.1 Å². The lowest BCUT2D eigenvalue weighted by Gasteiger charge is -2.17. The van der Waals surface area contributed by atoms with Crippen molar-refractivity contribution in [3.8, 4) is 0 Å². The molecule has 1 N–H and O–H groups in total. The zero-order valence-corrected chi connectivity index (χ0v) is 13.5. The van der Waals surface area contributed by atoms with Gasteiger partial charge in [-0.15, -0.1) is 5.10 Å². The highest BCUT2D eigenvalue weighted by atomic mass is 35.5. The van der Waals surface area contributed by atoms with E-state index in [2.05, 4.69) is 15.6 Å². The number of para-hydroxylation sites is 1. The van der Waals surface area contributed by atoms with E-state index < -0.39 is 0 Å². The third-order valence-corrected chi connectivity index (χ3v) is 3.94. The molecule has 5 nitrogen and oxygen atoms in total. The van der Waals surface area contributed by atoms with E-state index in [1.807, 2.05) is 55.5 Å². The quantitative estimate of drug-likeness (QED) is 0.781. The number of nitrogens with zero attached hydrogens (tertiary/aromatic N) is 3. The molecular weight excluding hydrogens is 312 g/mol. The van der Waals surface area contributed by atoms with Crippen molar-refractivity contribution in [3.05, 3.63) is 59.1 Å². The number of benzene rings is 2. The fourth-order valence-electron chi connectivity index (χ4n) is 2.55. The minimum Gasteiger partial charge on any atom is -0.348 e. The highest BCUT2D eigenvalue weighted by molar-refractivity contribution is 6.30. The molecule has 1 heterocycles. The predicted octanol–water partition coefficient (Wildman–Crippen LogP) is 3.35. The SMILES string of the molecule is CCC(NC(=O)Cn1nnc2ccccc21)c1cccc(Cl)c1. The molecule has 0 aliphatic carbocycles. The Bertz CT molecular complexity index is 830. The molecule has 0 radical (unpaired) electrons. The van der Waals surface area contributed by atoms with E-state index in [0.717, 1.165) is 23.0 Å². The van der Waals surface area contributed by atoms with Gasteiger partial charge in [0.05, 0.1) is 11.6 Å². The lowest BCUT2D eigenvalue weighted by molar-refractivity contribution is -0.122. The average Bonchev–Trinajstić information content (AvgIpc) is 2.96. The Morgan fingerprint density at radius 3 is 2.87 bits per heavy atom. The van der Waals surface area contributed by atoms with Gasteiger partial charge in [-0.1, -0.05) is 48.0 Å². The summed E-state index contributed by atoms with van der Waals surface area (Å²) in [6, 6.07) is 15.0. The number of amides is 1. The van der Waals surface area contributed by atoms with Crippen LogP contribution in [0.3, 0.4) is 0 Å². The number of hydrogen-bond acceptors (Lipinski definition) is 3. The zero-order chi connectivity index (χ0) is 16.2. The first-order valence-electron chi connectivity index (χ1n) is 7.50. The van der Waals surface area contributed by atoms with Crippen LogP contribution >= 0.6 is 11.6 Å². The molecule has 0 aliphatic heterocycles. The van der Waals surface area contributed by atoms with Crippen LogP contribution in [0, 0.1) is 0 Å². The van der Waals surface area contributed by atoms with Crippen molar-refractivity contribution in [1.29, 1.82) is 0 Å². The maximum absolute atomic E-state index is 12.3. The first-order chi connectivity index (χ1) is 11.2. The Morgan fingerprint density at radius 1 is 1.26 bits per heavy atom. The summed E-state index contributed by atoms with van der Waals surface area (Å²) in [5, 5.41) is 11.8. The summed E-state index contributed by atoms with van der Waals surface area (Å²) in [6.45, 7) is 2.16. The molecule has 3 aromatic rings. The summed E-state index contributed by atoms with van der Waals surface area (Å²) in [6.07, 6.45) is 0.782. The Labute approximate surface area is 139 Å². The summed E-state index contributed by atoms with van der Waals surface area (Å²) >= 11 is 6.03. The first kappa shape index (κ1) is 15.5. The van der Waals surface area contributed by atoms with Crippen molar-refractivity contribution in [2.45, 2.75) is 25.9 Å². The number of nitrogens with one attached hydrogen (secondary N) is 1. The number of fused-ring (bicyclic) bond motifs is 1. The van der Waals surface area contributed by atoms with E-state index in [4.69, 9.17) is 11.6 Å². The van der Waals surface area contributed by atoms with Crippen LogP contribution in [0.15, 0.2) is 48.5 Å². The first-order valence-corrected chi connectivity index (χ1v) is 7.88. The van der Waals surface area contributed by atoms with Crippen molar-refractivity contribution in [1.82, 2.24) is 20.3 Å². The van der Waals surface area contributed by atoms with E-state index >= 15 is 0 Å². The lowest BCUT2D eigenvalue weighted by Crippen LogP contribution is -2.31. The fraction of sp³-hybridized carbons (Fsp3) is 0.235. The van der Waals surface area contributed by atoms with E-state index in [-0.39, 0.29) is 18.5 Å². The van der Waals surface area contributed by atoms with E-state index in [9.17, 15) is 4.79 Å². The van der Waals surface area contributed by atoms with Crippen LogP contribution in [0.4, 0.5) is 0 Å². The molecule has 1 amide bonds. The molecule has 0 bridgehead atoms. The molecule has 1 atom stereocenters. The second kappa shape index (κ2) is 6.79. The maximum Gasteiger partial charge on any atom is 0.242 e. The fourth-order valence-corrected chi connectivity index (χ4v) is 2.75. The maximum atomic E-state index is 12.3. The van der Waals surface area contributed by atoms with Crippen LogP contribution < -0.4 is 5.32 Å². The van der Waals surface area contributed by atoms with Gasteiger partial charge in [0.15, 0.2) is 0 Å². The second-order valence-corrected chi connectivity index (χ2v) is 5.76. The normalized spacial score (nSPS) is 12.3. The van der Waals surface area contributed by atoms with Gasteiger partial charge < -0.3 is 5.32 Å². The molecule has 1 unspecified atom stereocenters. The third kappa shape index (κ3) is 3.51. The standard InChI is InChI=1S/C17H17ClN4O/c1-2-14(12-6-5-7-13(18)10-12)19-17(23)11-22-16-9-4-3-8-15(16)20-21-22/h3-10,14H,2,11H2,1H3,(H,19,23). The molecule has 6 heteroatoms. The molecule has 0 saturated heterocycles. The molecule has 0 aliphatic rings.